The minimum atomic E-state index is -0.220. The molecule has 0 bridgehead atoms. The molecular weight excluding hydrogens is 193 g/mol. The van der Waals surface area contributed by atoms with E-state index in [1.165, 1.54) is 6.07 Å². The summed E-state index contributed by atoms with van der Waals surface area (Å²) in [6.45, 7) is 3.79. The molecule has 2 nitrogen and oxygen atoms in total. The molecule has 0 saturated carbocycles. The molecule has 1 aromatic rings. The van der Waals surface area contributed by atoms with Crippen LogP contribution in [0.15, 0.2) is 18.2 Å². The second-order valence-corrected chi connectivity index (χ2v) is 3.84. The quantitative estimate of drug-likeness (QED) is 0.709. The average Bonchev–Trinajstić information content (AvgIpc) is 2.57. The number of benzene rings is 1. The lowest BCUT2D eigenvalue weighted by atomic mass is 9.99. The Morgan fingerprint density at radius 2 is 2.40 bits per heavy atom. The molecule has 15 heavy (non-hydrogen) atoms. The molecule has 0 radical (unpaired) electrons. The normalized spacial score (nSPS) is 19.1. The van der Waals surface area contributed by atoms with Gasteiger partial charge in [-0.2, -0.15) is 0 Å². The van der Waals surface area contributed by atoms with Crippen LogP contribution in [0.5, 0.6) is 0 Å². The lowest BCUT2D eigenvalue weighted by molar-refractivity contribution is -0.108. The fraction of sp³-hybridized carbons (Fsp3) is 0.417. The molecule has 80 valence electrons. The maximum Gasteiger partial charge on any atom is 0.123 e. The predicted molar refractivity (Wildman–Crippen MR) is 57.7 cm³/mol. The minimum absolute atomic E-state index is 0.160. The molecule has 1 aromatic carbocycles. The summed E-state index contributed by atoms with van der Waals surface area (Å²) in [6.07, 6.45) is 1.39. The highest BCUT2D eigenvalue weighted by atomic mass is 19.1. The third kappa shape index (κ3) is 1.74. The second-order valence-electron chi connectivity index (χ2n) is 3.84. The first-order valence-corrected chi connectivity index (χ1v) is 5.24. The van der Waals surface area contributed by atoms with Gasteiger partial charge in [0.15, 0.2) is 0 Å². The summed E-state index contributed by atoms with van der Waals surface area (Å²) in [5.74, 6) is -0.0595. The van der Waals surface area contributed by atoms with Crippen molar-refractivity contribution in [2.24, 2.45) is 0 Å². The number of hydrogen-bond donors (Lipinski definition) is 0. The van der Waals surface area contributed by atoms with E-state index in [0.717, 1.165) is 30.6 Å². The fourth-order valence-electron chi connectivity index (χ4n) is 2.22. The molecule has 0 aliphatic carbocycles. The molecule has 1 unspecified atom stereocenters. The van der Waals surface area contributed by atoms with Crippen molar-refractivity contribution < 1.29 is 9.18 Å². The van der Waals surface area contributed by atoms with Crippen LogP contribution in [0.25, 0.3) is 0 Å². The van der Waals surface area contributed by atoms with Gasteiger partial charge in [0, 0.05) is 31.1 Å². The Morgan fingerprint density at radius 3 is 3.07 bits per heavy atom. The molecule has 0 aromatic heterocycles. The zero-order chi connectivity index (χ0) is 10.8. The third-order valence-corrected chi connectivity index (χ3v) is 2.97. The molecule has 0 spiro atoms. The van der Waals surface area contributed by atoms with Gasteiger partial charge in [-0.1, -0.05) is 0 Å². The van der Waals surface area contributed by atoms with E-state index in [0.29, 0.717) is 6.42 Å². The Hall–Kier alpha value is -1.38. The van der Waals surface area contributed by atoms with Crippen LogP contribution in [0.2, 0.25) is 0 Å². The molecule has 3 heteroatoms. The second kappa shape index (κ2) is 4.01. The lowest BCUT2D eigenvalue weighted by Crippen LogP contribution is -2.21. The van der Waals surface area contributed by atoms with Crippen LogP contribution < -0.4 is 4.90 Å². The van der Waals surface area contributed by atoms with Gasteiger partial charge in [0.25, 0.3) is 0 Å². The first-order chi connectivity index (χ1) is 7.26. The van der Waals surface area contributed by atoms with Gasteiger partial charge in [-0.05, 0) is 30.7 Å². The van der Waals surface area contributed by atoms with Crippen molar-refractivity contribution in [3.63, 3.8) is 0 Å². The molecule has 0 amide bonds. The van der Waals surface area contributed by atoms with Crippen LogP contribution in [-0.2, 0) is 4.79 Å². The molecular formula is C12H14FNO. The van der Waals surface area contributed by atoms with Gasteiger partial charge in [0.2, 0.25) is 0 Å². The molecule has 0 N–H and O–H groups in total. The number of hydrogen-bond acceptors (Lipinski definition) is 2. The zero-order valence-electron chi connectivity index (χ0n) is 8.74. The zero-order valence-corrected chi connectivity index (χ0v) is 8.74. The van der Waals surface area contributed by atoms with E-state index in [2.05, 4.69) is 11.8 Å². The van der Waals surface area contributed by atoms with E-state index in [-0.39, 0.29) is 11.7 Å². The van der Waals surface area contributed by atoms with Gasteiger partial charge in [-0.3, -0.25) is 0 Å². The first-order valence-electron chi connectivity index (χ1n) is 5.24. The molecule has 1 aliphatic heterocycles. The number of halogens is 1. The highest BCUT2D eigenvalue weighted by molar-refractivity contribution is 5.63. The maximum absolute atomic E-state index is 13.1. The Balaban J connectivity index is 2.38. The number of carbonyl (C=O) groups is 1. The van der Waals surface area contributed by atoms with Gasteiger partial charge < -0.3 is 9.69 Å². The molecule has 0 saturated heterocycles. The van der Waals surface area contributed by atoms with Crippen molar-refractivity contribution in [2.45, 2.75) is 19.3 Å². The van der Waals surface area contributed by atoms with Crippen molar-refractivity contribution in [3.8, 4) is 0 Å². The van der Waals surface area contributed by atoms with E-state index in [1.54, 1.807) is 12.1 Å². The average molecular weight is 207 g/mol. The molecule has 2 rings (SSSR count). The first kappa shape index (κ1) is 10.1. The number of anilines is 1. The number of fused-ring (bicyclic) bond motifs is 1. The highest BCUT2D eigenvalue weighted by Crippen LogP contribution is 2.37. The van der Waals surface area contributed by atoms with Crippen LogP contribution in [0.4, 0.5) is 10.1 Å². The SMILES string of the molecule is CCN1CC(CC=O)c2cc(F)ccc21. The van der Waals surface area contributed by atoms with Gasteiger partial charge >= 0.3 is 0 Å². The van der Waals surface area contributed by atoms with Gasteiger partial charge in [-0.15, -0.1) is 0 Å². The highest BCUT2D eigenvalue weighted by Gasteiger charge is 2.27. The number of likely N-dealkylation sites (N-methyl/N-ethyl adjacent to an activating group) is 1. The Kier molecular flexibility index (Phi) is 2.71. The van der Waals surface area contributed by atoms with Crippen LogP contribution in [0, 0.1) is 5.82 Å². The third-order valence-electron chi connectivity index (χ3n) is 2.97. The Morgan fingerprint density at radius 1 is 1.60 bits per heavy atom. The summed E-state index contributed by atoms with van der Waals surface area (Å²) < 4.78 is 13.1. The molecule has 1 heterocycles. The predicted octanol–water partition coefficient (Wildman–Crippen LogP) is 2.34. The largest absolute Gasteiger partial charge is 0.371 e. The number of carbonyl (C=O) groups excluding carboxylic acids is 1. The number of aldehydes is 1. The standard InChI is InChI=1S/C12H14FNO/c1-2-14-8-9(5-6-15)11-7-10(13)3-4-12(11)14/h3-4,6-7,9H,2,5,8H2,1H3. The number of rotatable bonds is 3. The van der Waals surface area contributed by atoms with Crippen molar-refractivity contribution in [1.29, 1.82) is 0 Å². The van der Waals surface area contributed by atoms with Gasteiger partial charge in [-0.25, -0.2) is 4.39 Å². The maximum atomic E-state index is 13.1. The Bertz CT molecular complexity index is 378. The smallest absolute Gasteiger partial charge is 0.123 e. The van der Waals surface area contributed by atoms with Gasteiger partial charge in [0.05, 0.1) is 0 Å². The van der Waals surface area contributed by atoms with Crippen LogP contribution in [0.1, 0.15) is 24.8 Å². The Labute approximate surface area is 88.7 Å². The van der Waals surface area contributed by atoms with Crippen molar-refractivity contribution in [1.82, 2.24) is 0 Å². The summed E-state index contributed by atoms with van der Waals surface area (Å²) in [7, 11) is 0. The van der Waals surface area contributed by atoms with Crippen molar-refractivity contribution in [3.05, 3.63) is 29.6 Å². The minimum Gasteiger partial charge on any atom is -0.371 e. The van der Waals surface area contributed by atoms with Gasteiger partial charge in [0.1, 0.15) is 12.1 Å². The van der Waals surface area contributed by atoms with Crippen molar-refractivity contribution in [2.75, 3.05) is 18.0 Å². The van der Waals surface area contributed by atoms with E-state index in [1.807, 2.05) is 0 Å². The number of nitrogens with zero attached hydrogens (tertiary/aromatic N) is 1. The molecule has 0 fully saturated rings. The molecule has 1 aliphatic rings. The van der Waals surface area contributed by atoms with Crippen LogP contribution in [0.3, 0.4) is 0 Å². The fourth-order valence-corrected chi connectivity index (χ4v) is 2.22. The van der Waals surface area contributed by atoms with E-state index >= 15 is 0 Å². The summed E-state index contributed by atoms with van der Waals surface area (Å²) in [4.78, 5) is 12.7. The summed E-state index contributed by atoms with van der Waals surface area (Å²) >= 11 is 0. The summed E-state index contributed by atoms with van der Waals surface area (Å²) in [5.41, 5.74) is 2.05. The monoisotopic (exact) mass is 207 g/mol. The molecule has 1 atom stereocenters. The lowest BCUT2D eigenvalue weighted by Gasteiger charge is -2.16. The summed E-state index contributed by atoms with van der Waals surface area (Å²) in [6, 6.07) is 4.84. The van der Waals surface area contributed by atoms with E-state index < -0.39 is 0 Å². The van der Waals surface area contributed by atoms with Crippen molar-refractivity contribution >= 4 is 12.0 Å². The van der Waals surface area contributed by atoms with E-state index in [9.17, 15) is 9.18 Å². The topological polar surface area (TPSA) is 20.3 Å². The van der Waals surface area contributed by atoms with E-state index in [4.69, 9.17) is 0 Å². The van der Waals surface area contributed by atoms with Crippen LogP contribution in [-0.4, -0.2) is 19.4 Å². The summed E-state index contributed by atoms with van der Waals surface area (Å²) in [5, 5.41) is 0. The van der Waals surface area contributed by atoms with Crippen LogP contribution >= 0.6 is 0 Å².